The molecule has 3 atom stereocenters. The second kappa shape index (κ2) is 7.69. The molecule has 4 nitrogen and oxygen atoms in total. The van der Waals surface area contributed by atoms with Gasteiger partial charge in [0, 0.05) is 44.6 Å². The molecule has 0 aromatic rings. The first-order chi connectivity index (χ1) is 10.2. The summed E-state index contributed by atoms with van der Waals surface area (Å²) in [4.78, 5) is 6.81. The van der Waals surface area contributed by atoms with E-state index in [1.54, 1.807) is 0 Å². The minimum absolute atomic E-state index is 0. The Labute approximate surface area is 152 Å². The summed E-state index contributed by atoms with van der Waals surface area (Å²) in [5.74, 6) is 1.78. The second-order valence-corrected chi connectivity index (χ2v) is 7.13. The molecule has 1 spiro atoms. The smallest absolute Gasteiger partial charge is 0.193 e. The predicted molar refractivity (Wildman–Crippen MR) is 102 cm³/mol. The van der Waals surface area contributed by atoms with E-state index in [1.165, 1.54) is 44.9 Å². The predicted octanol–water partition coefficient (Wildman–Crippen LogP) is 3.26. The van der Waals surface area contributed by atoms with E-state index < -0.39 is 0 Å². The summed E-state index contributed by atoms with van der Waals surface area (Å²) in [5, 5.41) is 3.81. The summed E-state index contributed by atoms with van der Waals surface area (Å²) in [6, 6.07) is 0.579. The van der Waals surface area contributed by atoms with Gasteiger partial charge in [-0.05, 0) is 25.7 Å². The Kier molecular flexibility index (Phi) is 6.39. The van der Waals surface area contributed by atoms with Crippen LogP contribution in [0.1, 0.15) is 51.9 Å². The number of unbranched alkanes of at least 4 members (excludes halogenated alkanes) is 1. The number of hydrogen-bond donors (Lipinski definition) is 1. The van der Waals surface area contributed by atoms with Crippen molar-refractivity contribution in [3.63, 3.8) is 0 Å². The maximum atomic E-state index is 6.07. The van der Waals surface area contributed by atoms with Gasteiger partial charge in [-0.25, -0.2) is 0 Å². The molecule has 2 saturated carbocycles. The van der Waals surface area contributed by atoms with Crippen LogP contribution in [0.2, 0.25) is 0 Å². The van der Waals surface area contributed by atoms with Crippen molar-refractivity contribution in [3.8, 4) is 0 Å². The summed E-state index contributed by atoms with van der Waals surface area (Å²) < 4.78 is 6.07. The molecule has 1 saturated heterocycles. The SMILES string of the molecule is CCCCN(C)C(=NC)NC1C2CCOC2C12CCCC2.I. The normalized spacial score (nSPS) is 32.3. The summed E-state index contributed by atoms with van der Waals surface area (Å²) in [5.41, 5.74) is 0.405. The Balaban J connectivity index is 0.00000176. The van der Waals surface area contributed by atoms with Crippen molar-refractivity contribution in [2.45, 2.75) is 64.0 Å². The van der Waals surface area contributed by atoms with Gasteiger partial charge in [-0.15, -0.1) is 24.0 Å². The fraction of sp³-hybridized carbons (Fsp3) is 0.941. The molecule has 0 bridgehead atoms. The van der Waals surface area contributed by atoms with Crippen molar-refractivity contribution < 1.29 is 4.74 Å². The zero-order valence-corrected chi connectivity index (χ0v) is 16.6. The first-order valence-corrected chi connectivity index (χ1v) is 8.79. The van der Waals surface area contributed by atoms with E-state index >= 15 is 0 Å². The van der Waals surface area contributed by atoms with Crippen molar-refractivity contribution in [1.82, 2.24) is 10.2 Å². The lowest BCUT2D eigenvalue weighted by Gasteiger charge is -2.57. The van der Waals surface area contributed by atoms with E-state index in [4.69, 9.17) is 4.74 Å². The highest BCUT2D eigenvalue weighted by Crippen LogP contribution is 2.60. The Hall–Kier alpha value is -0.0400. The monoisotopic (exact) mass is 421 g/mol. The third-order valence-electron chi connectivity index (χ3n) is 5.99. The van der Waals surface area contributed by atoms with Crippen molar-refractivity contribution in [3.05, 3.63) is 0 Å². The van der Waals surface area contributed by atoms with E-state index in [0.29, 0.717) is 23.5 Å². The van der Waals surface area contributed by atoms with Gasteiger partial charge >= 0.3 is 0 Å². The minimum atomic E-state index is 0. The van der Waals surface area contributed by atoms with Gasteiger partial charge < -0.3 is 15.0 Å². The molecule has 3 aliphatic rings. The lowest BCUT2D eigenvalue weighted by molar-refractivity contribution is -0.125. The zero-order valence-electron chi connectivity index (χ0n) is 14.3. The van der Waals surface area contributed by atoms with E-state index in [9.17, 15) is 0 Å². The molecule has 3 rings (SSSR count). The number of rotatable bonds is 4. The molecule has 2 aliphatic carbocycles. The third-order valence-corrected chi connectivity index (χ3v) is 5.99. The molecule has 128 valence electrons. The largest absolute Gasteiger partial charge is 0.377 e. The first-order valence-electron chi connectivity index (χ1n) is 8.79. The number of fused-ring (bicyclic) bond motifs is 2. The molecular weight excluding hydrogens is 389 g/mol. The first kappa shape index (κ1) is 18.3. The van der Waals surface area contributed by atoms with Crippen LogP contribution in [0, 0.1) is 11.3 Å². The molecule has 0 radical (unpaired) electrons. The van der Waals surface area contributed by atoms with Crippen LogP contribution in [0.25, 0.3) is 0 Å². The van der Waals surface area contributed by atoms with Gasteiger partial charge in [-0.2, -0.15) is 0 Å². The number of halogens is 1. The van der Waals surface area contributed by atoms with Gasteiger partial charge in [0.1, 0.15) is 0 Å². The molecule has 0 aromatic heterocycles. The molecule has 5 heteroatoms. The van der Waals surface area contributed by atoms with Crippen molar-refractivity contribution in [1.29, 1.82) is 0 Å². The van der Waals surface area contributed by atoms with Crippen LogP contribution in [0.4, 0.5) is 0 Å². The lowest BCUT2D eigenvalue weighted by atomic mass is 9.54. The van der Waals surface area contributed by atoms with Gasteiger partial charge in [0.2, 0.25) is 0 Å². The zero-order chi connectivity index (χ0) is 14.9. The highest BCUT2D eigenvalue weighted by Gasteiger charge is 2.65. The van der Waals surface area contributed by atoms with Gasteiger partial charge in [0.15, 0.2) is 5.96 Å². The van der Waals surface area contributed by atoms with Crippen molar-refractivity contribution >= 4 is 29.9 Å². The van der Waals surface area contributed by atoms with Crippen LogP contribution in [0.15, 0.2) is 4.99 Å². The lowest BCUT2D eigenvalue weighted by Crippen LogP contribution is -2.69. The summed E-state index contributed by atoms with van der Waals surface area (Å²) in [6.45, 7) is 4.28. The fourth-order valence-corrected chi connectivity index (χ4v) is 4.89. The standard InChI is InChI=1S/C17H31N3O.HI/c1-4-5-11-20(3)16(18-2)19-14-13-8-12-21-15(13)17(14)9-6-7-10-17;/h13-15H,4-12H2,1-3H3,(H,18,19);1H. The number of nitrogens with zero attached hydrogens (tertiary/aromatic N) is 2. The highest BCUT2D eigenvalue weighted by molar-refractivity contribution is 14.0. The van der Waals surface area contributed by atoms with Crippen molar-refractivity contribution in [2.75, 3.05) is 27.2 Å². The Morgan fingerprint density at radius 2 is 2.09 bits per heavy atom. The summed E-state index contributed by atoms with van der Waals surface area (Å²) in [7, 11) is 4.07. The number of guanidine groups is 1. The van der Waals surface area contributed by atoms with E-state index in [0.717, 1.165) is 19.1 Å². The summed E-state index contributed by atoms with van der Waals surface area (Å²) in [6.07, 6.45) is 9.61. The molecule has 22 heavy (non-hydrogen) atoms. The molecular formula is C17H32IN3O. The Morgan fingerprint density at radius 1 is 1.36 bits per heavy atom. The maximum Gasteiger partial charge on any atom is 0.193 e. The van der Waals surface area contributed by atoms with Crippen LogP contribution in [-0.4, -0.2) is 50.3 Å². The van der Waals surface area contributed by atoms with E-state index in [1.807, 2.05) is 7.05 Å². The molecule has 1 N–H and O–H groups in total. The van der Waals surface area contributed by atoms with E-state index in [-0.39, 0.29) is 24.0 Å². The van der Waals surface area contributed by atoms with Crippen molar-refractivity contribution in [2.24, 2.45) is 16.3 Å². The van der Waals surface area contributed by atoms with Gasteiger partial charge in [-0.1, -0.05) is 26.2 Å². The second-order valence-electron chi connectivity index (χ2n) is 7.13. The summed E-state index contributed by atoms with van der Waals surface area (Å²) >= 11 is 0. The van der Waals surface area contributed by atoms with Crippen LogP contribution in [-0.2, 0) is 4.74 Å². The molecule has 1 aliphatic heterocycles. The molecule has 0 aromatic carbocycles. The average molecular weight is 421 g/mol. The number of hydrogen-bond acceptors (Lipinski definition) is 2. The van der Waals surface area contributed by atoms with Gasteiger partial charge in [0.25, 0.3) is 0 Å². The molecule has 3 unspecified atom stereocenters. The highest BCUT2D eigenvalue weighted by atomic mass is 127. The van der Waals surface area contributed by atoms with Crippen LogP contribution in [0.5, 0.6) is 0 Å². The number of nitrogens with one attached hydrogen (secondary N) is 1. The maximum absolute atomic E-state index is 6.07. The van der Waals surface area contributed by atoms with E-state index in [2.05, 4.69) is 29.2 Å². The fourth-order valence-electron chi connectivity index (χ4n) is 4.89. The number of ether oxygens (including phenoxy) is 1. The minimum Gasteiger partial charge on any atom is -0.377 e. The van der Waals surface area contributed by atoms with Crippen LogP contribution >= 0.6 is 24.0 Å². The van der Waals surface area contributed by atoms with Gasteiger partial charge in [-0.3, -0.25) is 4.99 Å². The topological polar surface area (TPSA) is 36.9 Å². The quantitative estimate of drug-likeness (QED) is 0.430. The van der Waals surface area contributed by atoms with Gasteiger partial charge in [0.05, 0.1) is 6.10 Å². The molecule has 0 amide bonds. The van der Waals surface area contributed by atoms with Crippen LogP contribution in [0.3, 0.4) is 0 Å². The average Bonchev–Trinajstić information content (AvgIpc) is 3.13. The molecule has 3 fully saturated rings. The number of aliphatic imine (C=N–C) groups is 1. The van der Waals surface area contributed by atoms with Crippen LogP contribution < -0.4 is 5.32 Å². The third kappa shape index (κ3) is 2.99. The Bertz CT molecular complexity index is 395. The Morgan fingerprint density at radius 3 is 2.73 bits per heavy atom. The molecule has 1 heterocycles.